The summed E-state index contributed by atoms with van der Waals surface area (Å²) < 4.78 is 5.30. The maximum atomic E-state index is 11.0. The SMILES string of the molecule is O=C(O)C1CN(C(c2cccs2)C2CC2)CCO1. The maximum Gasteiger partial charge on any atom is 0.334 e. The van der Waals surface area contributed by atoms with Crippen LogP contribution in [0.15, 0.2) is 17.5 Å². The maximum absolute atomic E-state index is 11.0. The van der Waals surface area contributed by atoms with Crippen molar-refractivity contribution in [2.75, 3.05) is 19.7 Å². The van der Waals surface area contributed by atoms with Crippen molar-refractivity contribution >= 4 is 17.3 Å². The van der Waals surface area contributed by atoms with Crippen LogP contribution in [0.4, 0.5) is 0 Å². The molecule has 0 aromatic carbocycles. The highest BCUT2D eigenvalue weighted by molar-refractivity contribution is 7.10. The molecule has 0 spiro atoms. The predicted octanol–water partition coefficient (Wildman–Crippen LogP) is 1.98. The Bertz CT molecular complexity index is 416. The van der Waals surface area contributed by atoms with Gasteiger partial charge in [-0.2, -0.15) is 0 Å². The van der Waals surface area contributed by atoms with Crippen LogP contribution in [-0.4, -0.2) is 41.8 Å². The fourth-order valence-electron chi connectivity index (χ4n) is 2.65. The van der Waals surface area contributed by atoms with Crippen molar-refractivity contribution in [1.82, 2.24) is 4.90 Å². The van der Waals surface area contributed by atoms with Crippen LogP contribution in [0.1, 0.15) is 23.8 Å². The van der Waals surface area contributed by atoms with E-state index in [9.17, 15) is 4.79 Å². The van der Waals surface area contributed by atoms with E-state index in [0.29, 0.717) is 25.1 Å². The number of nitrogens with zero attached hydrogens (tertiary/aromatic N) is 1. The third-order valence-electron chi connectivity index (χ3n) is 3.67. The molecule has 2 atom stereocenters. The van der Waals surface area contributed by atoms with Gasteiger partial charge in [-0.1, -0.05) is 6.07 Å². The average Bonchev–Trinajstić information content (AvgIpc) is 3.05. The number of morpholine rings is 1. The molecule has 5 heteroatoms. The van der Waals surface area contributed by atoms with Crippen molar-refractivity contribution in [2.24, 2.45) is 5.92 Å². The van der Waals surface area contributed by atoms with Crippen LogP contribution in [0.2, 0.25) is 0 Å². The first-order chi connectivity index (χ1) is 8.75. The Labute approximate surface area is 110 Å². The zero-order valence-corrected chi connectivity index (χ0v) is 10.9. The molecule has 1 aromatic heterocycles. The summed E-state index contributed by atoms with van der Waals surface area (Å²) in [6.07, 6.45) is 1.86. The van der Waals surface area contributed by atoms with Gasteiger partial charge in [0.15, 0.2) is 6.10 Å². The fraction of sp³-hybridized carbons (Fsp3) is 0.615. The number of thiophene rings is 1. The van der Waals surface area contributed by atoms with E-state index in [1.165, 1.54) is 17.7 Å². The first kappa shape index (κ1) is 12.1. The number of aliphatic carboxylic acids is 1. The number of hydrogen-bond donors (Lipinski definition) is 1. The Morgan fingerprint density at radius 2 is 2.39 bits per heavy atom. The summed E-state index contributed by atoms with van der Waals surface area (Å²) in [6.45, 7) is 1.86. The van der Waals surface area contributed by atoms with Crippen LogP contribution in [0, 0.1) is 5.92 Å². The number of carboxylic acids is 1. The van der Waals surface area contributed by atoms with Gasteiger partial charge in [0.1, 0.15) is 0 Å². The average molecular weight is 267 g/mol. The van der Waals surface area contributed by atoms with E-state index >= 15 is 0 Å². The number of carboxylic acid groups (broad SMARTS) is 1. The standard InChI is InChI=1S/C13H17NO3S/c15-13(16)10-8-14(5-6-17-10)12(9-3-4-9)11-2-1-7-18-11/h1-2,7,9-10,12H,3-6,8H2,(H,15,16). The van der Waals surface area contributed by atoms with Gasteiger partial charge in [0, 0.05) is 24.0 Å². The van der Waals surface area contributed by atoms with Gasteiger partial charge in [0.2, 0.25) is 0 Å². The number of carbonyl (C=O) groups is 1. The van der Waals surface area contributed by atoms with Gasteiger partial charge in [-0.25, -0.2) is 4.79 Å². The van der Waals surface area contributed by atoms with Crippen LogP contribution < -0.4 is 0 Å². The van der Waals surface area contributed by atoms with Gasteiger partial charge in [0.05, 0.1) is 6.61 Å². The molecule has 2 heterocycles. The summed E-state index contributed by atoms with van der Waals surface area (Å²) in [6, 6.07) is 4.64. The summed E-state index contributed by atoms with van der Waals surface area (Å²) in [5.74, 6) is -0.142. The highest BCUT2D eigenvalue weighted by Gasteiger charge is 2.40. The Morgan fingerprint density at radius 3 is 3.00 bits per heavy atom. The third kappa shape index (κ3) is 2.43. The van der Waals surface area contributed by atoms with Crippen molar-refractivity contribution in [3.63, 3.8) is 0 Å². The first-order valence-corrected chi connectivity index (χ1v) is 7.25. The molecule has 1 saturated carbocycles. The quantitative estimate of drug-likeness (QED) is 0.906. The summed E-state index contributed by atoms with van der Waals surface area (Å²) >= 11 is 1.77. The number of rotatable bonds is 4. The molecule has 2 fully saturated rings. The van der Waals surface area contributed by atoms with Gasteiger partial charge >= 0.3 is 5.97 Å². The summed E-state index contributed by atoms with van der Waals surface area (Å²) in [4.78, 5) is 14.7. The van der Waals surface area contributed by atoms with Crippen LogP contribution in [0.5, 0.6) is 0 Å². The van der Waals surface area contributed by atoms with Crippen molar-refractivity contribution in [3.05, 3.63) is 22.4 Å². The van der Waals surface area contributed by atoms with Crippen LogP contribution in [0.25, 0.3) is 0 Å². The topological polar surface area (TPSA) is 49.8 Å². The minimum Gasteiger partial charge on any atom is -0.479 e. The van der Waals surface area contributed by atoms with Gasteiger partial charge in [0.25, 0.3) is 0 Å². The molecule has 2 aliphatic rings. The molecule has 1 aromatic rings. The molecule has 2 unspecified atom stereocenters. The molecule has 3 rings (SSSR count). The lowest BCUT2D eigenvalue weighted by Gasteiger charge is -2.36. The molecule has 0 radical (unpaired) electrons. The summed E-state index contributed by atoms with van der Waals surface area (Å²) in [7, 11) is 0. The van der Waals surface area contributed by atoms with E-state index in [0.717, 1.165) is 6.54 Å². The Hall–Kier alpha value is -0.910. The Morgan fingerprint density at radius 1 is 1.56 bits per heavy atom. The second-order valence-electron chi connectivity index (χ2n) is 4.99. The van der Waals surface area contributed by atoms with E-state index in [1.54, 1.807) is 11.3 Å². The molecule has 1 aliphatic heterocycles. The van der Waals surface area contributed by atoms with Gasteiger partial charge in [-0.15, -0.1) is 11.3 Å². The molecule has 1 aliphatic carbocycles. The van der Waals surface area contributed by atoms with Crippen molar-refractivity contribution in [3.8, 4) is 0 Å². The molecule has 0 amide bonds. The van der Waals surface area contributed by atoms with E-state index in [1.807, 2.05) is 0 Å². The smallest absolute Gasteiger partial charge is 0.334 e. The molecular weight excluding hydrogens is 250 g/mol. The molecule has 18 heavy (non-hydrogen) atoms. The van der Waals surface area contributed by atoms with E-state index in [4.69, 9.17) is 9.84 Å². The Balaban J connectivity index is 1.76. The van der Waals surface area contributed by atoms with Crippen LogP contribution in [0.3, 0.4) is 0 Å². The molecule has 98 valence electrons. The molecule has 1 N–H and O–H groups in total. The van der Waals surface area contributed by atoms with E-state index in [-0.39, 0.29) is 0 Å². The van der Waals surface area contributed by atoms with Crippen LogP contribution in [-0.2, 0) is 9.53 Å². The van der Waals surface area contributed by atoms with Crippen molar-refractivity contribution < 1.29 is 14.6 Å². The summed E-state index contributed by atoms with van der Waals surface area (Å²) in [5.41, 5.74) is 0. The summed E-state index contributed by atoms with van der Waals surface area (Å²) in [5, 5.41) is 11.2. The van der Waals surface area contributed by atoms with Gasteiger partial charge in [-0.3, -0.25) is 4.90 Å². The first-order valence-electron chi connectivity index (χ1n) is 6.37. The minimum absolute atomic E-state index is 0.399. The van der Waals surface area contributed by atoms with Crippen LogP contribution >= 0.6 is 11.3 Å². The van der Waals surface area contributed by atoms with Crippen molar-refractivity contribution in [1.29, 1.82) is 0 Å². The number of ether oxygens (including phenoxy) is 1. The van der Waals surface area contributed by atoms with E-state index < -0.39 is 12.1 Å². The highest BCUT2D eigenvalue weighted by atomic mass is 32.1. The lowest BCUT2D eigenvalue weighted by atomic mass is 10.1. The predicted molar refractivity (Wildman–Crippen MR) is 68.7 cm³/mol. The second kappa shape index (κ2) is 4.99. The van der Waals surface area contributed by atoms with Crippen molar-refractivity contribution in [2.45, 2.75) is 25.0 Å². The molecule has 4 nitrogen and oxygen atoms in total. The monoisotopic (exact) mass is 267 g/mol. The van der Waals surface area contributed by atoms with E-state index in [2.05, 4.69) is 22.4 Å². The zero-order chi connectivity index (χ0) is 12.5. The fourth-order valence-corrected chi connectivity index (χ4v) is 3.61. The molecular formula is C13H17NO3S. The van der Waals surface area contributed by atoms with Gasteiger partial charge < -0.3 is 9.84 Å². The largest absolute Gasteiger partial charge is 0.479 e. The van der Waals surface area contributed by atoms with Gasteiger partial charge in [-0.05, 0) is 30.2 Å². The second-order valence-corrected chi connectivity index (χ2v) is 5.97. The molecule has 1 saturated heterocycles. The zero-order valence-electron chi connectivity index (χ0n) is 10.1. The Kier molecular flexibility index (Phi) is 3.37. The lowest BCUT2D eigenvalue weighted by Crippen LogP contribution is -2.47. The number of hydrogen-bond acceptors (Lipinski definition) is 4. The normalized spacial score (nSPS) is 27.0. The minimum atomic E-state index is -0.847. The lowest BCUT2D eigenvalue weighted by molar-refractivity contribution is -0.157. The third-order valence-corrected chi connectivity index (χ3v) is 4.61. The highest BCUT2D eigenvalue weighted by Crippen LogP contribution is 2.46. The molecule has 0 bridgehead atoms.